The molecule has 2 heterocycles. The molecule has 0 aliphatic carbocycles. The third-order valence-electron chi connectivity index (χ3n) is 4.99. The highest BCUT2D eigenvalue weighted by Gasteiger charge is 2.34. The van der Waals surface area contributed by atoms with Crippen molar-refractivity contribution in [3.63, 3.8) is 0 Å². The van der Waals surface area contributed by atoms with Crippen molar-refractivity contribution < 1.29 is 9.59 Å². The van der Waals surface area contributed by atoms with E-state index in [0.717, 1.165) is 23.2 Å². The monoisotopic (exact) mass is 340 g/mol. The number of hydrogen-bond acceptors (Lipinski definition) is 3. The molecule has 2 amide bonds. The zero-order valence-electron chi connectivity index (χ0n) is 14.9. The van der Waals surface area contributed by atoms with Crippen molar-refractivity contribution in [1.29, 1.82) is 0 Å². The van der Waals surface area contributed by atoms with Crippen LogP contribution in [0.4, 0.5) is 0 Å². The van der Waals surface area contributed by atoms with Crippen LogP contribution in [0.3, 0.4) is 0 Å². The topological polar surface area (TPSA) is 81.2 Å². The molecule has 2 N–H and O–H groups in total. The molecular formula is C19H24N4O2. The van der Waals surface area contributed by atoms with Gasteiger partial charge in [0, 0.05) is 24.7 Å². The summed E-state index contributed by atoms with van der Waals surface area (Å²) in [6.45, 7) is 6.46. The number of benzene rings is 1. The minimum absolute atomic E-state index is 0.218. The van der Waals surface area contributed by atoms with Crippen molar-refractivity contribution in [1.82, 2.24) is 14.7 Å². The van der Waals surface area contributed by atoms with E-state index >= 15 is 0 Å². The van der Waals surface area contributed by atoms with Gasteiger partial charge < -0.3 is 10.6 Å². The van der Waals surface area contributed by atoms with E-state index in [1.165, 1.54) is 0 Å². The summed E-state index contributed by atoms with van der Waals surface area (Å²) in [5.74, 6) is -0.732. The van der Waals surface area contributed by atoms with Crippen LogP contribution in [-0.4, -0.2) is 32.5 Å². The van der Waals surface area contributed by atoms with E-state index in [9.17, 15) is 9.59 Å². The molecule has 0 saturated carbocycles. The van der Waals surface area contributed by atoms with Crippen molar-refractivity contribution in [2.24, 2.45) is 5.73 Å². The maximum atomic E-state index is 13.0. The molecule has 0 fully saturated rings. The maximum Gasteiger partial charge on any atom is 0.275 e. The molecule has 0 saturated heterocycles. The number of primary amides is 1. The van der Waals surface area contributed by atoms with Crippen LogP contribution in [-0.2, 0) is 17.8 Å². The lowest BCUT2D eigenvalue weighted by Crippen LogP contribution is -2.51. The Morgan fingerprint density at radius 2 is 2.00 bits per heavy atom. The minimum atomic E-state index is -0.642. The number of fused-ring (bicyclic) bond motifs is 1. The Hall–Kier alpha value is -2.63. The van der Waals surface area contributed by atoms with Crippen LogP contribution in [0.2, 0.25) is 0 Å². The first kappa shape index (κ1) is 17.2. The quantitative estimate of drug-likeness (QED) is 0.926. The molecule has 0 radical (unpaired) electrons. The second-order valence-electron chi connectivity index (χ2n) is 6.70. The molecule has 0 bridgehead atoms. The lowest BCUT2D eigenvalue weighted by atomic mass is 9.93. The second kappa shape index (κ2) is 6.70. The first-order valence-corrected chi connectivity index (χ1v) is 8.65. The third kappa shape index (κ3) is 3.16. The van der Waals surface area contributed by atoms with E-state index in [2.05, 4.69) is 18.9 Å². The predicted molar refractivity (Wildman–Crippen MR) is 95.0 cm³/mol. The number of nitrogens with two attached hydrogens (primary N) is 1. The van der Waals surface area contributed by atoms with Crippen molar-refractivity contribution in [2.75, 3.05) is 0 Å². The largest absolute Gasteiger partial charge is 0.368 e. The van der Waals surface area contributed by atoms with Gasteiger partial charge >= 0.3 is 0 Å². The first-order chi connectivity index (χ1) is 11.9. The average molecular weight is 340 g/mol. The van der Waals surface area contributed by atoms with Crippen LogP contribution >= 0.6 is 0 Å². The number of aromatic nitrogens is 2. The Kier molecular flexibility index (Phi) is 4.61. The molecule has 1 aliphatic heterocycles. The van der Waals surface area contributed by atoms with Crippen LogP contribution < -0.4 is 5.73 Å². The predicted octanol–water partition coefficient (Wildman–Crippen LogP) is 2.21. The average Bonchev–Trinajstić information content (AvgIpc) is 3.01. The highest BCUT2D eigenvalue weighted by Crippen LogP contribution is 2.25. The first-order valence-electron chi connectivity index (χ1n) is 8.65. The molecule has 1 unspecified atom stereocenters. The molecule has 6 heteroatoms. The molecule has 132 valence electrons. The van der Waals surface area contributed by atoms with Crippen LogP contribution in [0.5, 0.6) is 0 Å². The molecule has 2 atom stereocenters. The van der Waals surface area contributed by atoms with Crippen molar-refractivity contribution in [3.05, 3.63) is 52.8 Å². The van der Waals surface area contributed by atoms with Gasteiger partial charge in [-0.2, -0.15) is 5.10 Å². The lowest BCUT2D eigenvalue weighted by molar-refractivity contribution is -0.122. The number of hydrogen-bond donors (Lipinski definition) is 1. The maximum absolute atomic E-state index is 13.0. The van der Waals surface area contributed by atoms with Crippen molar-refractivity contribution in [2.45, 2.75) is 52.2 Å². The summed E-state index contributed by atoms with van der Waals surface area (Å²) in [5, 5.41) is 4.48. The number of carbonyl (C=O) groups is 2. The third-order valence-corrected chi connectivity index (χ3v) is 4.99. The summed E-state index contributed by atoms with van der Waals surface area (Å²) in [4.78, 5) is 26.5. The molecule has 6 nitrogen and oxygen atoms in total. The highest BCUT2D eigenvalue weighted by atomic mass is 16.2. The number of aryl methyl sites for hydroxylation is 1. The molecule has 0 spiro atoms. The molecule has 1 aromatic carbocycles. The number of rotatable bonds is 4. The number of carbonyl (C=O) groups excluding carboxylic acids is 2. The summed E-state index contributed by atoms with van der Waals surface area (Å²) in [5.41, 5.74) is 8.99. The summed E-state index contributed by atoms with van der Waals surface area (Å²) in [6, 6.07) is 9.20. The molecule has 2 aromatic rings. The summed E-state index contributed by atoms with van der Waals surface area (Å²) in [7, 11) is 0. The van der Waals surface area contributed by atoms with E-state index in [1.54, 1.807) is 11.0 Å². The van der Waals surface area contributed by atoms with Crippen LogP contribution in [0.15, 0.2) is 30.3 Å². The van der Waals surface area contributed by atoms with Gasteiger partial charge in [0.1, 0.15) is 6.04 Å². The van der Waals surface area contributed by atoms with Crippen LogP contribution in [0.25, 0.3) is 0 Å². The Bertz CT molecular complexity index is 812. The molecule has 1 aromatic heterocycles. The zero-order chi connectivity index (χ0) is 18.1. The van der Waals surface area contributed by atoms with E-state index in [-0.39, 0.29) is 11.9 Å². The number of amides is 2. The van der Waals surface area contributed by atoms with Gasteiger partial charge in [0.2, 0.25) is 5.91 Å². The van der Waals surface area contributed by atoms with Crippen molar-refractivity contribution in [3.8, 4) is 0 Å². The Morgan fingerprint density at radius 3 is 2.64 bits per heavy atom. The van der Waals surface area contributed by atoms with E-state index in [1.807, 2.05) is 35.9 Å². The van der Waals surface area contributed by atoms with Gasteiger partial charge in [0.05, 0.1) is 0 Å². The molecule has 1 aliphatic rings. The molecule has 3 rings (SSSR count). The fourth-order valence-electron chi connectivity index (χ4n) is 3.35. The SMILES string of the molecule is CCC(C)n1nc(C(=O)N2Cc3ccccc3C[C@H]2C(N)=O)cc1C. The Balaban J connectivity index is 1.94. The fourth-order valence-corrected chi connectivity index (χ4v) is 3.35. The zero-order valence-corrected chi connectivity index (χ0v) is 14.9. The Labute approximate surface area is 147 Å². The number of nitrogens with zero attached hydrogens (tertiary/aromatic N) is 3. The lowest BCUT2D eigenvalue weighted by Gasteiger charge is -2.34. The van der Waals surface area contributed by atoms with Gasteiger partial charge in [-0.1, -0.05) is 31.2 Å². The normalized spacial score (nSPS) is 17.9. The van der Waals surface area contributed by atoms with Crippen molar-refractivity contribution >= 4 is 11.8 Å². The Morgan fingerprint density at radius 1 is 1.32 bits per heavy atom. The van der Waals surface area contributed by atoms with Crippen LogP contribution in [0, 0.1) is 6.92 Å². The van der Waals surface area contributed by atoms with Gasteiger partial charge in [-0.3, -0.25) is 14.3 Å². The van der Waals surface area contributed by atoms with E-state index in [0.29, 0.717) is 18.7 Å². The van der Waals surface area contributed by atoms with Crippen LogP contribution in [0.1, 0.15) is 53.6 Å². The molecular weight excluding hydrogens is 316 g/mol. The smallest absolute Gasteiger partial charge is 0.275 e. The summed E-state index contributed by atoms with van der Waals surface area (Å²) >= 11 is 0. The van der Waals surface area contributed by atoms with E-state index in [4.69, 9.17) is 5.73 Å². The minimum Gasteiger partial charge on any atom is -0.368 e. The summed E-state index contributed by atoms with van der Waals surface area (Å²) < 4.78 is 1.87. The summed E-state index contributed by atoms with van der Waals surface area (Å²) in [6.07, 6.45) is 1.37. The van der Waals surface area contributed by atoms with Gasteiger partial charge in [0.15, 0.2) is 5.69 Å². The fraction of sp³-hybridized carbons (Fsp3) is 0.421. The second-order valence-corrected chi connectivity index (χ2v) is 6.70. The van der Waals surface area contributed by atoms with Gasteiger partial charge in [-0.25, -0.2) is 0 Å². The van der Waals surface area contributed by atoms with Gasteiger partial charge in [-0.15, -0.1) is 0 Å². The van der Waals surface area contributed by atoms with Gasteiger partial charge in [0.25, 0.3) is 5.91 Å². The van der Waals surface area contributed by atoms with E-state index < -0.39 is 11.9 Å². The highest BCUT2D eigenvalue weighted by molar-refractivity contribution is 5.96. The molecule has 25 heavy (non-hydrogen) atoms. The standard InChI is InChI=1S/C19H24N4O2/c1-4-12(2)23-13(3)9-16(21-23)19(25)22-11-15-8-6-5-7-14(15)10-17(22)18(20)24/h5-9,12,17H,4,10-11H2,1-3H3,(H2,20,24)/t12?,17-/m0/s1. The van der Waals surface area contributed by atoms with Gasteiger partial charge in [-0.05, 0) is 37.5 Å².